The summed E-state index contributed by atoms with van der Waals surface area (Å²) < 4.78 is 0. The van der Waals surface area contributed by atoms with E-state index >= 15 is 0 Å². The second kappa shape index (κ2) is 6.71. The predicted octanol–water partition coefficient (Wildman–Crippen LogP) is 1.50. The molecule has 110 valence electrons. The van der Waals surface area contributed by atoms with Gasteiger partial charge in [0.2, 0.25) is 5.91 Å². The molecule has 4 nitrogen and oxygen atoms in total. The molecule has 4 heteroatoms. The fraction of sp³-hybridized carbons (Fsp3) is 0.933. The van der Waals surface area contributed by atoms with Crippen LogP contribution in [0, 0.1) is 5.41 Å². The van der Waals surface area contributed by atoms with Crippen LogP contribution in [0.1, 0.15) is 51.9 Å². The van der Waals surface area contributed by atoms with Gasteiger partial charge in [-0.05, 0) is 45.7 Å². The minimum atomic E-state index is -0.262. The third-order valence-electron chi connectivity index (χ3n) is 5.01. The van der Waals surface area contributed by atoms with Gasteiger partial charge in [0.15, 0.2) is 0 Å². The van der Waals surface area contributed by atoms with Gasteiger partial charge in [0.1, 0.15) is 0 Å². The summed E-state index contributed by atoms with van der Waals surface area (Å²) in [7, 11) is 0. The summed E-state index contributed by atoms with van der Waals surface area (Å²) in [6, 6.07) is 0.445. The molecule has 1 amide bonds. The van der Waals surface area contributed by atoms with Crippen LogP contribution in [-0.2, 0) is 4.79 Å². The van der Waals surface area contributed by atoms with Crippen LogP contribution in [0.5, 0.6) is 0 Å². The molecule has 1 heterocycles. The third kappa shape index (κ3) is 3.48. The molecule has 1 saturated heterocycles. The largest absolute Gasteiger partial charge is 0.354 e. The average Bonchev–Trinajstić information content (AvgIpc) is 2.95. The molecule has 0 spiro atoms. The van der Waals surface area contributed by atoms with Crippen molar-refractivity contribution in [2.75, 3.05) is 26.2 Å². The lowest BCUT2D eigenvalue weighted by Gasteiger charge is -2.33. The number of piperidine rings is 1. The van der Waals surface area contributed by atoms with Crippen LogP contribution in [0.4, 0.5) is 0 Å². The summed E-state index contributed by atoms with van der Waals surface area (Å²) in [4.78, 5) is 14.9. The Balaban J connectivity index is 1.79. The number of rotatable bonds is 5. The molecular formula is C15H29N3O. The highest BCUT2D eigenvalue weighted by Gasteiger charge is 2.39. The molecule has 0 aromatic rings. The van der Waals surface area contributed by atoms with Crippen LogP contribution in [0.15, 0.2) is 0 Å². The molecule has 3 N–H and O–H groups in total. The molecule has 1 saturated carbocycles. The van der Waals surface area contributed by atoms with Gasteiger partial charge in [-0.1, -0.05) is 19.3 Å². The predicted molar refractivity (Wildman–Crippen MR) is 77.9 cm³/mol. The standard InChI is InChI=1S/C15H29N3O/c1-13(18-9-5-2-6-10-18)11-17-14(19)15(12-16)7-3-4-8-15/h13H,2-12,16H2,1H3,(H,17,19). The summed E-state index contributed by atoms with van der Waals surface area (Å²) in [5.74, 6) is 0.191. The lowest BCUT2D eigenvalue weighted by Crippen LogP contribution is -2.49. The van der Waals surface area contributed by atoms with Gasteiger partial charge in [0.05, 0.1) is 5.41 Å². The molecule has 1 unspecified atom stereocenters. The van der Waals surface area contributed by atoms with Gasteiger partial charge in [-0.2, -0.15) is 0 Å². The van der Waals surface area contributed by atoms with Gasteiger partial charge in [0.25, 0.3) is 0 Å². The van der Waals surface area contributed by atoms with Crippen LogP contribution >= 0.6 is 0 Å². The van der Waals surface area contributed by atoms with Crippen molar-refractivity contribution < 1.29 is 4.79 Å². The Morgan fingerprint density at radius 3 is 2.42 bits per heavy atom. The highest BCUT2D eigenvalue weighted by molar-refractivity contribution is 5.83. The Hall–Kier alpha value is -0.610. The van der Waals surface area contributed by atoms with Crippen molar-refractivity contribution in [1.29, 1.82) is 0 Å². The van der Waals surface area contributed by atoms with Crippen molar-refractivity contribution in [3.05, 3.63) is 0 Å². The number of hydrogen-bond donors (Lipinski definition) is 2. The van der Waals surface area contributed by atoms with Gasteiger partial charge in [-0.25, -0.2) is 0 Å². The van der Waals surface area contributed by atoms with Crippen molar-refractivity contribution in [2.45, 2.75) is 57.9 Å². The summed E-state index contributed by atoms with van der Waals surface area (Å²) in [6.07, 6.45) is 8.17. The van der Waals surface area contributed by atoms with E-state index in [2.05, 4.69) is 17.1 Å². The molecule has 0 aromatic carbocycles. The molecule has 2 aliphatic rings. The lowest BCUT2D eigenvalue weighted by molar-refractivity contribution is -0.130. The maximum Gasteiger partial charge on any atom is 0.227 e. The van der Waals surface area contributed by atoms with Crippen LogP contribution in [-0.4, -0.2) is 43.0 Å². The van der Waals surface area contributed by atoms with Crippen LogP contribution in [0.2, 0.25) is 0 Å². The fourth-order valence-electron chi connectivity index (χ4n) is 3.49. The quantitative estimate of drug-likeness (QED) is 0.793. The summed E-state index contributed by atoms with van der Waals surface area (Å²) >= 11 is 0. The zero-order valence-electron chi connectivity index (χ0n) is 12.3. The number of nitrogens with two attached hydrogens (primary N) is 1. The second-order valence-electron chi connectivity index (χ2n) is 6.35. The molecule has 19 heavy (non-hydrogen) atoms. The Labute approximate surface area is 117 Å². The molecule has 2 fully saturated rings. The summed E-state index contributed by atoms with van der Waals surface area (Å²) in [5, 5.41) is 3.15. The van der Waals surface area contributed by atoms with Gasteiger partial charge in [-0.15, -0.1) is 0 Å². The average molecular weight is 267 g/mol. The SMILES string of the molecule is CC(CNC(=O)C1(CN)CCCC1)N1CCCCC1. The van der Waals surface area contributed by atoms with E-state index in [4.69, 9.17) is 5.73 Å². The van der Waals surface area contributed by atoms with E-state index in [-0.39, 0.29) is 11.3 Å². The lowest BCUT2D eigenvalue weighted by atomic mass is 9.85. The maximum absolute atomic E-state index is 12.4. The molecular weight excluding hydrogens is 238 g/mol. The van der Waals surface area contributed by atoms with Gasteiger partial charge >= 0.3 is 0 Å². The first-order valence-electron chi connectivity index (χ1n) is 7.90. The third-order valence-corrected chi connectivity index (χ3v) is 5.01. The number of nitrogens with zero attached hydrogens (tertiary/aromatic N) is 1. The van der Waals surface area contributed by atoms with E-state index in [0.29, 0.717) is 12.6 Å². The van der Waals surface area contributed by atoms with E-state index in [9.17, 15) is 4.79 Å². The van der Waals surface area contributed by atoms with Gasteiger partial charge < -0.3 is 11.1 Å². The molecule has 2 rings (SSSR count). The topological polar surface area (TPSA) is 58.4 Å². The first kappa shape index (κ1) is 14.8. The highest BCUT2D eigenvalue weighted by atomic mass is 16.2. The number of amides is 1. The monoisotopic (exact) mass is 267 g/mol. The smallest absolute Gasteiger partial charge is 0.227 e. The molecule has 0 radical (unpaired) electrons. The van der Waals surface area contributed by atoms with Crippen molar-refractivity contribution in [2.24, 2.45) is 11.1 Å². The first-order chi connectivity index (χ1) is 9.18. The number of hydrogen-bond acceptors (Lipinski definition) is 3. The number of carbonyl (C=O) groups is 1. The Morgan fingerprint density at radius 1 is 1.21 bits per heavy atom. The number of nitrogens with one attached hydrogen (secondary N) is 1. The Kier molecular flexibility index (Phi) is 5.22. The van der Waals surface area contributed by atoms with Crippen molar-refractivity contribution >= 4 is 5.91 Å². The minimum absolute atomic E-state index is 0.191. The highest BCUT2D eigenvalue weighted by Crippen LogP contribution is 2.37. The minimum Gasteiger partial charge on any atom is -0.354 e. The fourth-order valence-corrected chi connectivity index (χ4v) is 3.49. The van der Waals surface area contributed by atoms with E-state index in [1.165, 1.54) is 32.4 Å². The molecule has 1 atom stereocenters. The van der Waals surface area contributed by atoms with E-state index in [0.717, 1.165) is 32.2 Å². The first-order valence-corrected chi connectivity index (χ1v) is 7.90. The van der Waals surface area contributed by atoms with Gasteiger partial charge in [0, 0.05) is 19.1 Å². The van der Waals surface area contributed by atoms with Crippen LogP contribution < -0.4 is 11.1 Å². The van der Waals surface area contributed by atoms with Crippen LogP contribution in [0.3, 0.4) is 0 Å². The van der Waals surface area contributed by atoms with Crippen LogP contribution in [0.25, 0.3) is 0 Å². The molecule has 1 aliphatic heterocycles. The van der Waals surface area contributed by atoms with Crippen molar-refractivity contribution in [3.63, 3.8) is 0 Å². The number of carbonyl (C=O) groups excluding carboxylic acids is 1. The molecule has 1 aliphatic carbocycles. The molecule has 0 bridgehead atoms. The Bertz CT molecular complexity index is 294. The normalized spacial score (nSPS) is 25.2. The second-order valence-corrected chi connectivity index (χ2v) is 6.35. The molecule has 0 aromatic heterocycles. The maximum atomic E-state index is 12.4. The summed E-state index contributed by atoms with van der Waals surface area (Å²) in [5.41, 5.74) is 5.59. The van der Waals surface area contributed by atoms with Crippen molar-refractivity contribution in [1.82, 2.24) is 10.2 Å². The van der Waals surface area contributed by atoms with E-state index < -0.39 is 0 Å². The van der Waals surface area contributed by atoms with E-state index in [1.807, 2.05) is 0 Å². The van der Waals surface area contributed by atoms with Crippen molar-refractivity contribution in [3.8, 4) is 0 Å². The summed E-state index contributed by atoms with van der Waals surface area (Å²) in [6.45, 7) is 5.84. The van der Waals surface area contributed by atoms with E-state index in [1.54, 1.807) is 0 Å². The van der Waals surface area contributed by atoms with Gasteiger partial charge in [-0.3, -0.25) is 9.69 Å². The Morgan fingerprint density at radius 2 is 1.84 bits per heavy atom. The zero-order valence-corrected chi connectivity index (χ0v) is 12.3. The zero-order chi connectivity index (χ0) is 13.7. The number of likely N-dealkylation sites (tertiary alicyclic amines) is 1.